The summed E-state index contributed by atoms with van der Waals surface area (Å²) >= 11 is 0. The van der Waals surface area contributed by atoms with Gasteiger partial charge in [0.1, 0.15) is 0 Å². The van der Waals surface area contributed by atoms with Gasteiger partial charge in [-0.15, -0.1) is 0 Å². The predicted octanol–water partition coefficient (Wildman–Crippen LogP) is 3.42. The molecule has 0 aromatic heterocycles. The fraction of sp³-hybridized carbons (Fsp3) is 0.611. The van der Waals surface area contributed by atoms with Crippen LogP contribution in [0, 0.1) is 5.92 Å². The van der Waals surface area contributed by atoms with Gasteiger partial charge in [0.15, 0.2) is 0 Å². The highest BCUT2D eigenvalue weighted by molar-refractivity contribution is 5.76. The van der Waals surface area contributed by atoms with Crippen molar-refractivity contribution in [2.24, 2.45) is 5.92 Å². The maximum absolute atomic E-state index is 12.2. The first-order chi connectivity index (χ1) is 10.2. The van der Waals surface area contributed by atoms with Crippen LogP contribution in [-0.2, 0) is 4.79 Å². The van der Waals surface area contributed by atoms with Crippen LogP contribution in [-0.4, -0.2) is 18.5 Å². The van der Waals surface area contributed by atoms with E-state index in [4.69, 9.17) is 0 Å². The Labute approximate surface area is 128 Å². The van der Waals surface area contributed by atoms with Crippen LogP contribution in [0.1, 0.15) is 57.6 Å². The van der Waals surface area contributed by atoms with Gasteiger partial charge in [-0.05, 0) is 24.3 Å². The van der Waals surface area contributed by atoms with Gasteiger partial charge in [-0.1, -0.05) is 57.0 Å². The molecule has 3 nitrogen and oxygen atoms in total. The number of amides is 1. The lowest BCUT2D eigenvalue weighted by Gasteiger charge is -2.27. The summed E-state index contributed by atoms with van der Waals surface area (Å²) in [6.45, 7) is 5.19. The fourth-order valence-electron chi connectivity index (χ4n) is 2.82. The van der Waals surface area contributed by atoms with Crippen LogP contribution in [0.2, 0.25) is 0 Å². The molecule has 2 N–H and O–H groups in total. The molecule has 0 saturated heterocycles. The van der Waals surface area contributed by atoms with Gasteiger partial charge in [-0.25, -0.2) is 0 Å². The second kappa shape index (κ2) is 8.18. The third-order valence-corrected chi connectivity index (χ3v) is 4.36. The maximum atomic E-state index is 12.2. The lowest BCUT2D eigenvalue weighted by molar-refractivity contribution is -0.122. The second-order valence-corrected chi connectivity index (χ2v) is 6.01. The molecule has 1 aliphatic rings. The molecule has 2 rings (SSSR count). The van der Waals surface area contributed by atoms with Gasteiger partial charge < -0.3 is 10.6 Å². The lowest BCUT2D eigenvalue weighted by atomic mass is 9.88. The number of carbonyl (C=O) groups is 1. The molecule has 3 heteroatoms. The molecular formula is C18H28N2O. The average Bonchev–Trinajstić information content (AvgIpc) is 3.32. The van der Waals surface area contributed by atoms with E-state index in [1.807, 2.05) is 18.2 Å². The molecule has 0 heterocycles. The molecule has 1 fully saturated rings. The molecule has 1 aromatic carbocycles. The Balaban J connectivity index is 1.92. The van der Waals surface area contributed by atoms with Crippen LogP contribution in [0.4, 0.5) is 0 Å². The average molecular weight is 288 g/mol. The van der Waals surface area contributed by atoms with E-state index >= 15 is 0 Å². The molecule has 0 bridgehead atoms. The Hall–Kier alpha value is -1.35. The van der Waals surface area contributed by atoms with Crippen LogP contribution in [0.5, 0.6) is 0 Å². The van der Waals surface area contributed by atoms with E-state index in [1.54, 1.807) is 0 Å². The van der Waals surface area contributed by atoms with Crippen molar-refractivity contribution in [1.82, 2.24) is 10.6 Å². The number of hydrogen-bond acceptors (Lipinski definition) is 2. The van der Waals surface area contributed by atoms with E-state index in [0.717, 1.165) is 19.4 Å². The molecule has 0 spiro atoms. The molecule has 1 aliphatic carbocycles. The predicted molar refractivity (Wildman–Crippen MR) is 87.0 cm³/mol. The first-order valence-corrected chi connectivity index (χ1v) is 8.32. The summed E-state index contributed by atoms with van der Waals surface area (Å²) in [6, 6.07) is 11.2. The molecule has 21 heavy (non-hydrogen) atoms. The summed E-state index contributed by atoms with van der Waals surface area (Å²) in [5.41, 5.74) is 1.22. The number of nitrogens with one attached hydrogen (secondary N) is 2. The van der Waals surface area contributed by atoms with Crippen molar-refractivity contribution in [3.8, 4) is 0 Å². The van der Waals surface area contributed by atoms with E-state index < -0.39 is 0 Å². The summed E-state index contributed by atoms with van der Waals surface area (Å²) in [4.78, 5) is 12.2. The monoisotopic (exact) mass is 288 g/mol. The molecule has 1 atom stereocenters. The van der Waals surface area contributed by atoms with Crippen molar-refractivity contribution in [2.75, 3.05) is 6.54 Å². The molecule has 0 aliphatic heterocycles. The van der Waals surface area contributed by atoms with Crippen LogP contribution in [0.15, 0.2) is 30.3 Å². The normalized spacial score (nSPS) is 16.0. The zero-order valence-corrected chi connectivity index (χ0v) is 13.3. The SMILES string of the molecule is CCC(CC)C(NC(=O)CCNC1CC1)c1ccccc1. The van der Waals surface area contributed by atoms with E-state index in [0.29, 0.717) is 18.4 Å². The van der Waals surface area contributed by atoms with Gasteiger partial charge in [-0.3, -0.25) is 4.79 Å². The largest absolute Gasteiger partial charge is 0.349 e. The molecule has 1 aromatic rings. The summed E-state index contributed by atoms with van der Waals surface area (Å²) in [7, 11) is 0. The van der Waals surface area contributed by atoms with Gasteiger partial charge in [-0.2, -0.15) is 0 Å². The van der Waals surface area contributed by atoms with Crippen LogP contribution >= 0.6 is 0 Å². The third kappa shape index (κ3) is 5.16. The highest BCUT2D eigenvalue weighted by Crippen LogP contribution is 2.27. The minimum absolute atomic E-state index is 0.134. The second-order valence-electron chi connectivity index (χ2n) is 6.01. The standard InChI is InChI=1S/C18H28N2O/c1-3-14(4-2)18(15-8-6-5-7-9-15)20-17(21)12-13-19-16-10-11-16/h5-9,14,16,18-19H,3-4,10-13H2,1-2H3,(H,20,21). The summed E-state index contributed by atoms with van der Waals surface area (Å²) < 4.78 is 0. The highest BCUT2D eigenvalue weighted by Gasteiger charge is 2.23. The van der Waals surface area contributed by atoms with Crippen LogP contribution in [0.3, 0.4) is 0 Å². The topological polar surface area (TPSA) is 41.1 Å². The molecule has 0 radical (unpaired) electrons. The van der Waals surface area contributed by atoms with E-state index in [1.165, 1.54) is 18.4 Å². The first-order valence-electron chi connectivity index (χ1n) is 8.32. The fourth-order valence-corrected chi connectivity index (χ4v) is 2.82. The quantitative estimate of drug-likeness (QED) is 0.731. The third-order valence-electron chi connectivity index (χ3n) is 4.36. The summed E-state index contributed by atoms with van der Waals surface area (Å²) in [5, 5.41) is 6.65. The van der Waals surface area contributed by atoms with Crippen molar-refractivity contribution in [3.05, 3.63) is 35.9 Å². The number of rotatable bonds is 9. The smallest absolute Gasteiger partial charge is 0.221 e. The maximum Gasteiger partial charge on any atom is 0.221 e. The molecule has 1 saturated carbocycles. The van der Waals surface area contributed by atoms with Gasteiger partial charge in [0.2, 0.25) is 5.91 Å². The number of benzene rings is 1. The van der Waals surface area contributed by atoms with E-state index in [-0.39, 0.29) is 11.9 Å². The Kier molecular flexibility index (Phi) is 6.24. The number of hydrogen-bond donors (Lipinski definition) is 2. The van der Waals surface area contributed by atoms with Gasteiger partial charge in [0.25, 0.3) is 0 Å². The molecule has 1 amide bonds. The zero-order chi connectivity index (χ0) is 15.1. The molecular weight excluding hydrogens is 260 g/mol. The van der Waals surface area contributed by atoms with Crippen molar-refractivity contribution >= 4 is 5.91 Å². The molecule has 116 valence electrons. The first kappa shape index (κ1) is 16.0. The zero-order valence-electron chi connectivity index (χ0n) is 13.3. The Morgan fingerprint density at radius 3 is 2.43 bits per heavy atom. The minimum Gasteiger partial charge on any atom is -0.349 e. The van der Waals surface area contributed by atoms with E-state index in [9.17, 15) is 4.79 Å². The van der Waals surface area contributed by atoms with Crippen LogP contribution in [0.25, 0.3) is 0 Å². The Morgan fingerprint density at radius 1 is 1.19 bits per heavy atom. The Morgan fingerprint density at radius 2 is 1.86 bits per heavy atom. The highest BCUT2D eigenvalue weighted by atomic mass is 16.1. The molecule has 1 unspecified atom stereocenters. The van der Waals surface area contributed by atoms with Crippen molar-refractivity contribution in [3.63, 3.8) is 0 Å². The lowest BCUT2D eigenvalue weighted by Crippen LogP contribution is -2.35. The van der Waals surface area contributed by atoms with Gasteiger partial charge in [0.05, 0.1) is 6.04 Å². The van der Waals surface area contributed by atoms with Crippen LogP contribution < -0.4 is 10.6 Å². The van der Waals surface area contributed by atoms with E-state index in [2.05, 4.69) is 36.6 Å². The summed E-state index contributed by atoms with van der Waals surface area (Å²) in [5.74, 6) is 0.650. The summed E-state index contributed by atoms with van der Waals surface area (Å²) in [6.07, 6.45) is 5.26. The van der Waals surface area contributed by atoms with Gasteiger partial charge in [0, 0.05) is 19.0 Å². The van der Waals surface area contributed by atoms with Crippen molar-refractivity contribution in [1.29, 1.82) is 0 Å². The number of carbonyl (C=O) groups excluding carboxylic acids is 1. The van der Waals surface area contributed by atoms with Crippen molar-refractivity contribution < 1.29 is 4.79 Å². The minimum atomic E-state index is 0.134. The van der Waals surface area contributed by atoms with Gasteiger partial charge >= 0.3 is 0 Å². The Bertz CT molecular complexity index is 424. The van der Waals surface area contributed by atoms with Crippen molar-refractivity contribution in [2.45, 2.75) is 58.0 Å².